The van der Waals surface area contributed by atoms with E-state index in [4.69, 9.17) is 0 Å². The number of fused-ring (bicyclic) bond motifs is 1. The quantitative estimate of drug-likeness (QED) is 0.443. The molecule has 0 aliphatic heterocycles. The van der Waals surface area contributed by atoms with E-state index < -0.39 is 0 Å². The molecule has 3 rings (SSSR count). The minimum atomic E-state index is 0.278. The van der Waals surface area contributed by atoms with E-state index >= 15 is 0 Å². The lowest BCUT2D eigenvalue weighted by molar-refractivity contribution is -0.00681. The maximum absolute atomic E-state index is 12.1. The van der Waals surface area contributed by atoms with Gasteiger partial charge < -0.3 is 0 Å². The van der Waals surface area contributed by atoms with E-state index in [1.807, 2.05) is 45.0 Å². The van der Waals surface area contributed by atoms with Crippen molar-refractivity contribution >= 4 is 26.7 Å². The first-order valence-corrected chi connectivity index (χ1v) is 10.6. The second-order valence-electron chi connectivity index (χ2n) is 7.83. The van der Waals surface area contributed by atoms with Crippen LogP contribution in [0.5, 0.6) is 5.75 Å². The van der Waals surface area contributed by atoms with Crippen molar-refractivity contribution in [3.05, 3.63) is 40.4 Å². The van der Waals surface area contributed by atoms with Gasteiger partial charge in [-0.15, -0.1) is 0 Å². The highest BCUT2D eigenvalue weighted by Crippen LogP contribution is 2.37. The number of rotatable bonds is 1. The molecule has 0 unspecified atom stereocenters. The molecule has 1 aliphatic carbocycles. The molecule has 0 saturated heterocycles. The number of halogens is 2. The van der Waals surface area contributed by atoms with E-state index in [1.165, 1.54) is 32.1 Å². The summed E-state index contributed by atoms with van der Waals surface area (Å²) >= 11 is 3.39. The molecule has 1 nitrogen and oxygen atoms in total. The van der Waals surface area contributed by atoms with Gasteiger partial charge in [0.25, 0.3) is 0 Å². The number of hydrogen-bond acceptors (Lipinski definition) is 1. The fourth-order valence-corrected chi connectivity index (χ4v) is 3.87. The third kappa shape index (κ3) is 6.57. The first-order chi connectivity index (χ1) is 12.3. The lowest BCUT2D eigenvalue weighted by Gasteiger charge is -2.33. The summed E-state index contributed by atoms with van der Waals surface area (Å²) < 4.78 is 13.1. The van der Waals surface area contributed by atoms with Crippen LogP contribution in [0.25, 0.3) is 10.8 Å². The van der Waals surface area contributed by atoms with Crippen molar-refractivity contribution in [2.75, 3.05) is 0 Å². The maximum Gasteiger partial charge on any atom is 0.175 e. The summed E-state index contributed by atoms with van der Waals surface area (Å²) in [7, 11) is 0. The standard InChI is InChI=1S/C11H8BrFO.C10H20.C2H6/c1-7-10-4-3-9(12)6-8(10)2-5-11(7)14-13;1-10(2,3)9-7-5-4-6-8-9;1-2/h2-6H,1H3;9H,4-8H2,1-3H3;1-2H3. The summed E-state index contributed by atoms with van der Waals surface area (Å²) in [6, 6.07) is 9.32. The first-order valence-electron chi connectivity index (χ1n) is 9.80. The molecule has 0 atom stereocenters. The van der Waals surface area contributed by atoms with Crippen LogP contribution in [0.1, 0.15) is 72.3 Å². The van der Waals surface area contributed by atoms with Crippen LogP contribution in [0, 0.1) is 18.3 Å². The molecule has 0 radical (unpaired) electrons. The van der Waals surface area contributed by atoms with Crippen molar-refractivity contribution in [3.8, 4) is 5.75 Å². The summed E-state index contributed by atoms with van der Waals surface area (Å²) in [5.41, 5.74) is 1.39. The lowest BCUT2D eigenvalue weighted by Crippen LogP contribution is -2.22. The second kappa shape index (κ2) is 10.9. The van der Waals surface area contributed by atoms with E-state index in [-0.39, 0.29) is 5.75 Å². The maximum atomic E-state index is 12.1. The van der Waals surface area contributed by atoms with Crippen molar-refractivity contribution in [1.82, 2.24) is 0 Å². The Balaban J connectivity index is 0.000000249. The predicted octanol–water partition coefficient (Wildman–Crippen LogP) is 8.81. The summed E-state index contributed by atoms with van der Waals surface area (Å²) in [6.07, 6.45) is 7.38. The Labute approximate surface area is 167 Å². The Kier molecular flexibility index (Phi) is 9.63. The lowest BCUT2D eigenvalue weighted by atomic mass is 9.72. The van der Waals surface area contributed by atoms with Gasteiger partial charge in [-0.2, -0.15) is 0 Å². The van der Waals surface area contributed by atoms with Gasteiger partial charge in [-0.05, 0) is 60.1 Å². The third-order valence-electron chi connectivity index (χ3n) is 5.11. The molecule has 1 fully saturated rings. The normalized spacial score (nSPS) is 14.8. The summed E-state index contributed by atoms with van der Waals surface area (Å²) in [6.45, 7) is 13.0. The topological polar surface area (TPSA) is 9.23 Å². The first kappa shape index (κ1) is 23.0. The van der Waals surface area contributed by atoms with Crippen molar-refractivity contribution < 1.29 is 9.47 Å². The van der Waals surface area contributed by atoms with Gasteiger partial charge in [0.2, 0.25) is 0 Å². The van der Waals surface area contributed by atoms with E-state index in [9.17, 15) is 4.53 Å². The van der Waals surface area contributed by atoms with Crippen molar-refractivity contribution in [3.63, 3.8) is 0 Å². The number of benzene rings is 2. The largest absolute Gasteiger partial charge is 0.294 e. The average Bonchev–Trinajstić information content (AvgIpc) is 2.64. The summed E-state index contributed by atoms with van der Waals surface area (Å²) in [4.78, 5) is 3.77. The van der Waals surface area contributed by atoms with Crippen LogP contribution in [0.3, 0.4) is 0 Å². The molecule has 0 heterocycles. The third-order valence-corrected chi connectivity index (χ3v) is 5.61. The van der Waals surface area contributed by atoms with Gasteiger partial charge in [0, 0.05) is 14.6 Å². The van der Waals surface area contributed by atoms with Crippen LogP contribution in [-0.2, 0) is 0 Å². The molecule has 0 amide bonds. The highest BCUT2D eigenvalue weighted by molar-refractivity contribution is 9.10. The van der Waals surface area contributed by atoms with E-state index in [1.54, 1.807) is 6.07 Å². The molecule has 1 saturated carbocycles. The number of aryl methyl sites for hydroxylation is 1. The monoisotopic (exact) mass is 424 g/mol. The van der Waals surface area contributed by atoms with Gasteiger partial charge in [-0.3, -0.25) is 4.94 Å². The molecule has 1 aliphatic rings. The van der Waals surface area contributed by atoms with E-state index in [0.29, 0.717) is 5.41 Å². The predicted molar refractivity (Wildman–Crippen MR) is 115 cm³/mol. The minimum absolute atomic E-state index is 0.278. The molecule has 2 aromatic carbocycles. The minimum Gasteiger partial charge on any atom is -0.294 e. The van der Waals surface area contributed by atoms with Gasteiger partial charge in [-0.25, -0.2) is 0 Å². The van der Waals surface area contributed by atoms with Crippen LogP contribution < -0.4 is 4.94 Å². The fourth-order valence-electron chi connectivity index (χ4n) is 3.49. The zero-order valence-electron chi connectivity index (χ0n) is 17.2. The highest BCUT2D eigenvalue weighted by Gasteiger charge is 2.25. The highest BCUT2D eigenvalue weighted by atomic mass is 79.9. The Morgan fingerprint density at radius 1 is 1.00 bits per heavy atom. The smallest absolute Gasteiger partial charge is 0.175 e. The van der Waals surface area contributed by atoms with Gasteiger partial charge in [0.1, 0.15) is 0 Å². The molecule has 0 spiro atoms. The molecule has 0 bridgehead atoms. The van der Waals surface area contributed by atoms with Crippen LogP contribution >= 0.6 is 15.9 Å². The van der Waals surface area contributed by atoms with Gasteiger partial charge in [0.05, 0.1) is 0 Å². The molecular weight excluding hydrogens is 391 g/mol. The van der Waals surface area contributed by atoms with Crippen LogP contribution in [-0.4, -0.2) is 0 Å². The average molecular weight is 425 g/mol. The molecule has 146 valence electrons. The van der Waals surface area contributed by atoms with Gasteiger partial charge >= 0.3 is 0 Å². The molecule has 2 aromatic rings. The van der Waals surface area contributed by atoms with Gasteiger partial charge in [-0.1, -0.05) is 81.9 Å². The van der Waals surface area contributed by atoms with Crippen LogP contribution in [0.15, 0.2) is 34.8 Å². The van der Waals surface area contributed by atoms with Crippen molar-refractivity contribution in [2.45, 2.75) is 73.6 Å². The zero-order chi connectivity index (χ0) is 19.7. The molecule has 3 heteroatoms. The fraction of sp³-hybridized carbons (Fsp3) is 0.565. The van der Waals surface area contributed by atoms with Gasteiger partial charge in [0.15, 0.2) is 5.75 Å². The Bertz CT molecular complexity index is 670. The van der Waals surface area contributed by atoms with E-state index in [2.05, 4.69) is 41.6 Å². The Morgan fingerprint density at radius 3 is 2.12 bits per heavy atom. The molecule has 0 aromatic heterocycles. The van der Waals surface area contributed by atoms with Crippen molar-refractivity contribution in [1.29, 1.82) is 0 Å². The number of hydrogen-bond donors (Lipinski definition) is 0. The van der Waals surface area contributed by atoms with Crippen LogP contribution in [0.2, 0.25) is 0 Å². The van der Waals surface area contributed by atoms with E-state index in [0.717, 1.165) is 26.7 Å². The second-order valence-corrected chi connectivity index (χ2v) is 8.75. The molecular formula is C23H34BrFO. The molecule has 0 N–H and O–H groups in total. The zero-order valence-corrected chi connectivity index (χ0v) is 18.7. The van der Waals surface area contributed by atoms with Crippen LogP contribution in [0.4, 0.5) is 4.53 Å². The summed E-state index contributed by atoms with van der Waals surface area (Å²) in [5.74, 6) is 1.28. The SMILES string of the molecule is CC.CC(C)(C)C1CCCCC1.Cc1c(OF)ccc2cc(Br)ccc12. The Morgan fingerprint density at radius 2 is 1.62 bits per heavy atom. The Hall–Kier alpha value is -1.09. The molecule has 26 heavy (non-hydrogen) atoms. The summed E-state index contributed by atoms with van der Waals surface area (Å²) in [5, 5.41) is 2.07. The van der Waals surface area contributed by atoms with Crippen molar-refractivity contribution in [2.24, 2.45) is 11.3 Å².